The van der Waals surface area contributed by atoms with Crippen molar-refractivity contribution in [3.05, 3.63) is 0 Å². The van der Waals surface area contributed by atoms with Crippen molar-refractivity contribution in [2.24, 2.45) is 5.92 Å². The number of hydrogen-bond donors (Lipinski definition) is 1. The molecule has 0 atom stereocenters. The highest BCUT2D eigenvalue weighted by Crippen LogP contribution is 2.01. The molecule has 14 heavy (non-hydrogen) atoms. The molecule has 0 aromatic carbocycles. The van der Waals surface area contributed by atoms with E-state index < -0.39 is 0 Å². The first-order valence-electron chi connectivity index (χ1n) is 5.40. The minimum absolute atomic E-state index is 0.144. The molecule has 3 nitrogen and oxygen atoms in total. The largest absolute Gasteiger partial charge is 0.318 e. The van der Waals surface area contributed by atoms with Crippen LogP contribution in [0.25, 0.3) is 0 Å². The monoisotopic (exact) mass is 200 g/mol. The summed E-state index contributed by atoms with van der Waals surface area (Å²) in [4.78, 5) is 13.8. The third-order valence-electron chi connectivity index (χ3n) is 2.38. The second kappa shape index (κ2) is 6.96. The van der Waals surface area contributed by atoms with Crippen LogP contribution in [0.15, 0.2) is 0 Å². The van der Waals surface area contributed by atoms with E-state index in [1.54, 1.807) is 0 Å². The van der Waals surface area contributed by atoms with Crippen molar-refractivity contribution in [3.63, 3.8) is 0 Å². The number of Topliss-reactive ketones (excluding diaryl/α,β-unsaturated/α-hetero) is 1. The number of carbonyl (C=O) groups excluding carboxylic acids is 1. The van der Waals surface area contributed by atoms with Crippen LogP contribution in [0, 0.1) is 5.92 Å². The summed E-state index contributed by atoms with van der Waals surface area (Å²) >= 11 is 0. The summed E-state index contributed by atoms with van der Waals surface area (Å²) in [5.41, 5.74) is 0. The number of ketones is 1. The normalized spacial score (nSPS) is 11.7. The van der Waals surface area contributed by atoms with Gasteiger partial charge in [-0.1, -0.05) is 13.8 Å². The molecule has 0 spiro atoms. The van der Waals surface area contributed by atoms with E-state index in [0.717, 1.165) is 13.1 Å². The van der Waals surface area contributed by atoms with Crippen molar-refractivity contribution >= 4 is 5.78 Å². The molecule has 0 aliphatic carbocycles. The maximum absolute atomic E-state index is 11.6. The summed E-state index contributed by atoms with van der Waals surface area (Å²) in [7, 11) is 1.93. The van der Waals surface area contributed by atoms with Gasteiger partial charge in [0, 0.05) is 25.0 Å². The molecule has 1 N–H and O–H groups in total. The zero-order chi connectivity index (χ0) is 11.1. The van der Waals surface area contributed by atoms with Gasteiger partial charge in [0.2, 0.25) is 0 Å². The van der Waals surface area contributed by atoms with Gasteiger partial charge >= 0.3 is 0 Å². The number of rotatable bonds is 7. The number of nitrogens with zero attached hydrogens (tertiary/aromatic N) is 1. The van der Waals surface area contributed by atoms with E-state index in [1.807, 2.05) is 20.9 Å². The van der Waals surface area contributed by atoms with Crippen molar-refractivity contribution in [2.45, 2.75) is 33.7 Å². The number of likely N-dealkylation sites (N-methyl/N-ethyl adjacent to an activating group) is 1. The van der Waals surface area contributed by atoms with E-state index >= 15 is 0 Å². The fourth-order valence-electron chi connectivity index (χ4n) is 1.16. The first kappa shape index (κ1) is 13.6. The Balaban J connectivity index is 4.02. The minimum Gasteiger partial charge on any atom is -0.318 e. The highest BCUT2D eigenvalue weighted by molar-refractivity contribution is 5.82. The minimum atomic E-state index is 0.144. The lowest BCUT2D eigenvalue weighted by molar-refractivity contribution is -0.123. The van der Waals surface area contributed by atoms with Crippen LogP contribution in [0.4, 0.5) is 0 Å². The van der Waals surface area contributed by atoms with Gasteiger partial charge in [-0.25, -0.2) is 0 Å². The number of carbonyl (C=O) groups is 1. The second-order valence-corrected chi connectivity index (χ2v) is 4.29. The average molecular weight is 200 g/mol. The molecule has 0 fully saturated rings. The lowest BCUT2D eigenvalue weighted by atomic mass is 10.1. The Labute approximate surface area is 87.9 Å². The van der Waals surface area contributed by atoms with Gasteiger partial charge in [0.05, 0.1) is 6.54 Å². The Morgan fingerprint density at radius 1 is 1.29 bits per heavy atom. The Bertz CT molecular complexity index is 167. The Hall–Kier alpha value is -0.410. The lowest BCUT2D eigenvalue weighted by Gasteiger charge is -2.26. The van der Waals surface area contributed by atoms with Gasteiger partial charge in [0.15, 0.2) is 0 Å². The standard InChI is InChI=1S/C11H24N2O/c1-9(2)11(14)8-13(10(3)4)7-6-12-5/h9-10,12H,6-8H2,1-5H3. The summed E-state index contributed by atoms with van der Waals surface area (Å²) in [6, 6.07) is 0.436. The molecule has 0 amide bonds. The van der Waals surface area contributed by atoms with E-state index in [0.29, 0.717) is 18.4 Å². The molecule has 3 heteroatoms. The highest BCUT2D eigenvalue weighted by Gasteiger charge is 2.15. The molecule has 0 heterocycles. The van der Waals surface area contributed by atoms with Crippen molar-refractivity contribution in [2.75, 3.05) is 26.7 Å². The summed E-state index contributed by atoms with van der Waals surface area (Å²) in [5, 5.41) is 3.10. The molecular formula is C11H24N2O. The topological polar surface area (TPSA) is 32.3 Å². The van der Waals surface area contributed by atoms with E-state index in [-0.39, 0.29) is 5.92 Å². The summed E-state index contributed by atoms with van der Waals surface area (Å²) in [6.07, 6.45) is 0. The van der Waals surface area contributed by atoms with E-state index in [4.69, 9.17) is 0 Å². The zero-order valence-electron chi connectivity index (χ0n) is 10.1. The third kappa shape index (κ3) is 5.35. The van der Waals surface area contributed by atoms with Gasteiger partial charge < -0.3 is 5.32 Å². The van der Waals surface area contributed by atoms with Gasteiger partial charge in [-0.3, -0.25) is 9.69 Å². The predicted molar refractivity (Wildman–Crippen MR) is 60.5 cm³/mol. The summed E-state index contributed by atoms with van der Waals surface area (Å²) in [6.45, 7) is 10.6. The van der Waals surface area contributed by atoms with Gasteiger partial charge in [0.25, 0.3) is 0 Å². The molecule has 0 aromatic heterocycles. The molecule has 0 unspecified atom stereocenters. The average Bonchev–Trinajstić information content (AvgIpc) is 2.10. The number of hydrogen-bond acceptors (Lipinski definition) is 3. The first-order chi connectivity index (χ1) is 6.49. The van der Waals surface area contributed by atoms with Crippen LogP contribution in [0.1, 0.15) is 27.7 Å². The number of nitrogens with one attached hydrogen (secondary N) is 1. The van der Waals surface area contributed by atoms with Crippen molar-refractivity contribution in [1.29, 1.82) is 0 Å². The lowest BCUT2D eigenvalue weighted by Crippen LogP contribution is -2.40. The van der Waals surface area contributed by atoms with Gasteiger partial charge in [0.1, 0.15) is 5.78 Å². The molecule has 0 radical (unpaired) electrons. The molecule has 0 bridgehead atoms. The quantitative estimate of drug-likeness (QED) is 0.669. The SMILES string of the molecule is CNCCN(CC(=O)C(C)C)C(C)C. The molecule has 0 rings (SSSR count). The molecule has 0 aromatic rings. The molecular weight excluding hydrogens is 176 g/mol. The maximum Gasteiger partial charge on any atom is 0.149 e. The van der Waals surface area contributed by atoms with Crippen LogP contribution in [0.5, 0.6) is 0 Å². The van der Waals surface area contributed by atoms with Crippen molar-refractivity contribution < 1.29 is 4.79 Å². The summed E-state index contributed by atoms with van der Waals surface area (Å²) < 4.78 is 0. The van der Waals surface area contributed by atoms with E-state index in [1.165, 1.54) is 0 Å². The second-order valence-electron chi connectivity index (χ2n) is 4.29. The fraction of sp³-hybridized carbons (Fsp3) is 0.909. The molecule has 0 aliphatic rings. The summed E-state index contributed by atoms with van der Waals surface area (Å²) in [5.74, 6) is 0.473. The molecule has 0 saturated heterocycles. The molecule has 0 saturated carbocycles. The van der Waals surface area contributed by atoms with Gasteiger partial charge in [-0.2, -0.15) is 0 Å². The van der Waals surface area contributed by atoms with E-state index in [9.17, 15) is 4.79 Å². The van der Waals surface area contributed by atoms with Crippen LogP contribution in [-0.4, -0.2) is 43.4 Å². The van der Waals surface area contributed by atoms with Crippen LogP contribution in [0.3, 0.4) is 0 Å². The van der Waals surface area contributed by atoms with Crippen molar-refractivity contribution in [1.82, 2.24) is 10.2 Å². The fourth-order valence-corrected chi connectivity index (χ4v) is 1.16. The van der Waals surface area contributed by atoms with Gasteiger partial charge in [-0.05, 0) is 20.9 Å². The third-order valence-corrected chi connectivity index (χ3v) is 2.38. The molecule has 84 valence electrons. The molecule has 0 aliphatic heterocycles. The smallest absolute Gasteiger partial charge is 0.149 e. The van der Waals surface area contributed by atoms with Crippen LogP contribution in [-0.2, 0) is 4.79 Å². The van der Waals surface area contributed by atoms with E-state index in [2.05, 4.69) is 24.1 Å². The Morgan fingerprint density at radius 3 is 2.21 bits per heavy atom. The zero-order valence-corrected chi connectivity index (χ0v) is 10.1. The maximum atomic E-state index is 11.6. The Morgan fingerprint density at radius 2 is 1.86 bits per heavy atom. The van der Waals surface area contributed by atoms with Gasteiger partial charge in [-0.15, -0.1) is 0 Å². The van der Waals surface area contributed by atoms with Crippen molar-refractivity contribution in [3.8, 4) is 0 Å². The Kier molecular flexibility index (Phi) is 6.75. The highest BCUT2D eigenvalue weighted by atomic mass is 16.1. The first-order valence-corrected chi connectivity index (χ1v) is 5.40. The predicted octanol–water partition coefficient (Wildman–Crippen LogP) is 1.14. The van der Waals surface area contributed by atoms with Crippen LogP contribution >= 0.6 is 0 Å². The van der Waals surface area contributed by atoms with Crippen LogP contribution in [0.2, 0.25) is 0 Å². The van der Waals surface area contributed by atoms with Crippen LogP contribution < -0.4 is 5.32 Å².